The Balaban J connectivity index is 1.80. The number of benzene rings is 3. The second-order valence-corrected chi connectivity index (χ2v) is 7.81. The van der Waals surface area contributed by atoms with Crippen molar-refractivity contribution in [1.29, 1.82) is 0 Å². The average Bonchev–Trinajstić information content (AvgIpc) is 2.83. The first kappa shape index (κ1) is 20.7. The lowest BCUT2D eigenvalue weighted by atomic mass is 9.76. The summed E-state index contributed by atoms with van der Waals surface area (Å²) < 4.78 is 10.2. The van der Waals surface area contributed by atoms with Crippen molar-refractivity contribution in [2.75, 3.05) is 25.7 Å². The van der Waals surface area contributed by atoms with E-state index in [1.165, 1.54) is 35.6 Å². The fourth-order valence-corrected chi connectivity index (χ4v) is 4.44. The van der Waals surface area contributed by atoms with E-state index in [2.05, 4.69) is 65.1 Å². The van der Waals surface area contributed by atoms with Crippen LogP contribution in [-0.2, 0) is 21.5 Å². The minimum absolute atomic E-state index is 0.341. The number of esters is 1. The van der Waals surface area contributed by atoms with E-state index in [1.807, 2.05) is 24.3 Å². The van der Waals surface area contributed by atoms with E-state index in [9.17, 15) is 4.79 Å². The van der Waals surface area contributed by atoms with Crippen LogP contribution in [0.3, 0.4) is 0 Å². The molecular weight excluding hydrogens is 386 g/mol. The van der Waals surface area contributed by atoms with Gasteiger partial charge in [-0.05, 0) is 65.9 Å². The third-order valence-corrected chi connectivity index (χ3v) is 6.14. The van der Waals surface area contributed by atoms with Gasteiger partial charge in [-0.15, -0.1) is 0 Å². The molecule has 0 saturated heterocycles. The van der Waals surface area contributed by atoms with Crippen LogP contribution in [0.25, 0.3) is 6.08 Å². The molecule has 1 aliphatic heterocycles. The van der Waals surface area contributed by atoms with Crippen LogP contribution in [-0.4, -0.2) is 26.7 Å². The van der Waals surface area contributed by atoms with Gasteiger partial charge < -0.3 is 14.4 Å². The molecule has 158 valence electrons. The Kier molecular flexibility index (Phi) is 5.81. The fraction of sp³-hybridized carbons (Fsp3) is 0.222. The van der Waals surface area contributed by atoms with Crippen LogP contribution < -0.4 is 9.64 Å². The summed E-state index contributed by atoms with van der Waals surface area (Å²) in [7, 11) is 3.09. The number of anilines is 1. The average molecular weight is 414 g/mol. The molecule has 0 amide bonds. The van der Waals surface area contributed by atoms with E-state index in [0.717, 1.165) is 24.3 Å². The molecule has 4 nitrogen and oxygen atoms in total. The number of methoxy groups -OCH3 is 2. The highest BCUT2D eigenvalue weighted by atomic mass is 16.5. The Morgan fingerprint density at radius 1 is 1.00 bits per heavy atom. The first-order chi connectivity index (χ1) is 15.1. The number of hydrogen-bond acceptors (Lipinski definition) is 4. The zero-order chi connectivity index (χ0) is 21.8. The molecule has 4 rings (SSSR count). The minimum atomic E-state index is -0.360. The van der Waals surface area contributed by atoms with Gasteiger partial charge in [0, 0.05) is 18.3 Å². The van der Waals surface area contributed by atoms with Gasteiger partial charge in [-0.1, -0.05) is 48.5 Å². The SMILES string of the molecule is COC(=O)/C=C/c1ccc(C2(C)c3ccc(OC)cc3CCN2c2ccccc2)cc1. The van der Waals surface area contributed by atoms with Crippen LogP contribution in [0.1, 0.15) is 29.2 Å². The monoisotopic (exact) mass is 413 g/mol. The summed E-state index contributed by atoms with van der Waals surface area (Å²) in [6.07, 6.45) is 4.17. The zero-order valence-electron chi connectivity index (χ0n) is 18.2. The summed E-state index contributed by atoms with van der Waals surface area (Å²) in [5.74, 6) is 0.527. The van der Waals surface area contributed by atoms with Gasteiger partial charge >= 0.3 is 5.97 Å². The number of nitrogens with zero attached hydrogens (tertiary/aromatic N) is 1. The van der Waals surface area contributed by atoms with E-state index in [0.29, 0.717) is 0 Å². The van der Waals surface area contributed by atoms with Crippen LogP contribution in [0.5, 0.6) is 5.75 Å². The van der Waals surface area contributed by atoms with E-state index in [-0.39, 0.29) is 11.5 Å². The minimum Gasteiger partial charge on any atom is -0.497 e. The summed E-state index contributed by atoms with van der Waals surface area (Å²) >= 11 is 0. The first-order valence-corrected chi connectivity index (χ1v) is 10.4. The van der Waals surface area contributed by atoms with Crippen molar-refractivity contribution in [3.05, 3.63) is 101 Å². The molecule has 1 atom stereocenters. The van der Waals surface area contributed by atoms with E-state index >= 15 is 0 Å². The number of fused-ring (bicyclic) bond motifs is 1. The molecule has 1 aliphatic rings. The van der Waals surface area contributed by atoms with Gasteiger partial charge in [0.15, 0.2) is 0 Å². The van der Waals surface area contributed by atoms with Crippen LogP contribution in [0, 0.1) is 0 Å². The van der Waals surface area contributed by atoms with E-state index in [1.54, 1.807) is 13.2 Å². The predicted octanol–water partition coefficient (Wildman–Crippen LogP) is 5.21. The third-order valence-electron chi connectivity index (χ3n) is 6.14. The van der Waals surface area contributed by atoms with Gasteiger partial charge in [0.25, 0.3) is 0 Å². The Labute approximate surface area is 183 Å². The largest absolute Gasteiger partial charge is 0.497 e. The second kappa shape index (κ2) is 8.68. The van der Waals surface area contributed by atoms with Gasteiger partial charge in [0.1, 0.15) is 5.75 Å². The first-order valence-electron chi connectivity index (χ1n) is 10.4. The molecule has 0 saturated carbocycles. The molecule has 0 fully saturated rings. The number of rotatable bonds is 5. The standard InChI is InChI=1S/C27H27NO3/c1-27(22-12-9-20(10-13-22)11-16-26(29)31-3)25-15-14-24(30-2)19-21(25)17-18-28(27)23-7-5-4-6-8-23/h4-16,19H,17-18H2,1-3H3/b16-11+. The van der Waals surface area contributed by atoms with Gasteiger partial charge in [0.05, 0.1) is 19.8 Å². The molecule has 0 radical (unpaired) electrons. The molecule has 0 aromatic heterocycles. The number of carbonyl (C=O) groups is 1. The van der Waals surface area contributed by atoms with Crippen molar-refractivity contribution in [2.45, 2.75) is 18.9 Å². The summed E-state index contributed by atoms with van der Waals surface area (Å²) in [5.41, 5.74) is 5.59. The molecule has 4 heteroatoms. The maximum absolute atomic E-state index is 11.4. The molecule has 0 spiro atoms. The van der Waals surface area contributed by atoms with Gasteiger partial charge in [0.2, 0.25) is 0 Å². The van der Waals surface area contributed by atoms with Crippen molar-refractivity contribution in [3.63, 3.8) is 0 Å². The van der Waals surface area contributed by atoms with Crippen LogP contribution in [0.2, 0.25) is 0 Å². The molecular formula is C27H27NO3. The lowest BCUT2D eigenvalue weighted by molar-refractivity contribution is -0.134. The second-order valence-electron chi connectivity index (χ2n) is 7.81. The van der Waals surface area contributed by atoms with Crippen LogP contribution in [0.15, 0.2) is 78.9 Å². The van der Waals surface area contributed by atoms with Gasteiger partial charge in [-0.25, -0.2) is 4.79 Å². The van der Waals surface area contributed by atoms with Crippen molar-refractivity contribution >= 4 is 17.7 Å². The third kappa shape index (κ3) is 3.93. The lowest BCUT2D eigenvalue weighted by Crippen LogP contribution is -2.49. The fourth-order valence-electron chi connectivity index (χ4n) is 4.44. The Morgan fingerprint density at radius 3 is 2.42 bits per heavy atom. The number of carbonyl (C=O) groups excluding carboxylic acids is 1. The quantitative estimate of drug-likeness (QED) is 0.425. The van der Waals surface area contributed by atoms with Crippen molar-refractivity contribution in [1.82, 2.24) is 0 Å². The van der Waals surface area contributed by atoms with Gasteiger partial charge in [-0.3, -0.25) is 0 Å². The van der Waals surface area contributed by atoms with Crippen LogP contribution >= 0.6 is 0 Å². The normalized spacial score (nSPS) is 18.0. The molecule has 1 unspecified atom stereocenters. The van der Waals surface area contributed by atoms with E-state index in [4.69, 9.17) is 4.74 Å². The summed E-state index contributed by atoms with van der Waals surface area (Å²) in [6.45, 7) is 3.19. The number of para-hydroxylation sites is 1. The Hall–Kier alpha value is -3.53. The molecule has 0 bridgehead atoms. The summed E-state index contributed by atoms with van der Waals surface area (Å²) in [4.78, 5) is 13.9. The molecule has 3 aromatic carbocycles. The Bertz CT molecular complexity index is 1090. The smallest absolute Gasteiger partial charge is 0.330 e. The van der Waals surface area contributed by atoms with Gasteiger partial charge in [-0.2, -0.15) is 0 Å². The summed E-state index contributed by atoms with van der Waals surface area (Å²) in [6, 6.07) is 25.3. The molecule has 3 aromatic rings. The van der Waals surface area contributed by atoms with Crippen molar-refractivity contribution in [2.24, 2.45) is 0 Å². The lowest BCUT2D eigenvalue weighted by Gasteiger charge is -2.48. The highest BCUT2D eigenvalue weighted by Crippen LogP contribution is 2.44. The predicted molar refractivity (Wildman–Crippen MR) is 124 cm³/mol. The number of ether oxygens (including phenoxy) is 2. The Morgan fingerprint density at radius 2 is 1.74 bits per heavy atom. The zero-order valence-corrected chi connectivity index (χ0v) is 18.2. The molecule has 31 heavy (non-hydrogen) atoms. The number of hydrogen-bond donors (Lipinski definition) is 0. The summed E-state index contributed by atoms with van der Waals surface area (Å²) in [5, 5.41) is 0. The highest BCUT2D eigenvalue weighted by Gasteiger charge is 2.40. The maximum atomic E-state index is 11.4. The maximum Gasteiger partial charge on any atom is 0.330 e. The molecule has 0 N–H and O–H groups in total. The molecule has 1 heterocycles. The molecule has 0 aliphatic carbocycles. The van der Waals surface area contributed by atoms with Crippen LogP contribution in [0.4, 0.5) is 5.69 Å². The topological polar surface area (TPSA) is 38.8 Å². The van der Waals surface area contributed by atoms with Crippen molar-refractivity contribution < 1.29 is 14.3 Å². The van der Waals surface area contributed by atoms with E-state index < -0.39 is 0 Å². The van der Waals surface area contributed by atoms with Crippen molar-refractivity contribution in [3.8, 4) is 5.75 Å². The highest BCUT2D eigenvalue weighted by molar-refractivity contribution is 5.86.